The molecule has 7 heteroatoms. The number of rotatable bonds is 4. The molecule has 6 nitrogen and oxygen atoms in total. The molecule has 0 aliphatic carbocycles. The Balaban J connectivity index is 1.62. The van der Waals surface area contributed by atoms with Crippen LogP contribution in [-0.2, 0) is 16.1 Å². The van der Waals surface area contributed by atoms with Crippen LogP contribution in [-0.4, -0.2) is 28.2 Å². The second kappa shape index (κ2) is 6.54. The van der Waals surface area contributed by atoms with Gasteiger partial charge in [-0.25, -0.2) is 4.98 Å². The number of furan rings is 1. The van der Waals surface area contributed by atoms with Crippen LogP contribution in [0.4, 0.5) is 5.82 Å². The quantitative estimate of drug-likeness (QED) is 0.888. The van der Waals surface area contributed by atoms with E-state index in [4.69, 9.17) is 4.42 Å². The summed E-state index contributed by atoms with van der Waals surface area (Å²) in [6.45, 7) is 2.71. The number of carbonyl (C=O) groups is 2. The first-order chi connectivity index (χ1) is 11.0. The number of nitrogens with one attached hydrogen (secondary N) is 1. The van der Waals surface area contributed by atoms with Gasteiger partial charge in [-0.1, -0.05) is 0 Å². The number of hydrogen-bond acceptors (Lipinski definition) is 4. The van der Waals surface area contributed by atoms with E-state index in [0.29, 0.717) is 24.7 Å². The Morgan fingerprint density at radius 3 is 3.09 bits per heavy atom. The van der Waals surface area contributed by atoms with Crippen molar-refractivity contribution in [2.24, 2.45) is 5.92 Å². The molecule has 23 heavy (non-hydrogen) atoms. The molecule has 1 atom stereocenters. The van der Waals surface area contributed by atoms with E-state index in [1.54, 1.807) is 29.5 Å². The van der Waals surface area contributed by atoms with E-state index in [0.717, 1.165) is 10.0 Å². The van der Waals surface area contributed by atoms with Gasteiger partial charge < -0.3 is 14.6 Å². The van der Waals surface area contributed by atoms with Crippen molar-refractivity contribution in [3.63, 3.8) is 0 Å². The van der Waals surface area contributed by atoms with Crippen LogP contribution in [0.3, 0.4) is 0 Å². The minimum atomic E-state index is -0.372. The second-order valence-corrected chi connectivity index (χ2v) is 6.42. The average Bonchev–Trinajstić information content (AvgIpc) is 3.14. The Labute approximate surface area is 142 Å². The minimum absolute atomic E-state index is 0.0403. The number of anilines is 1. The molecule has 1 aliphatic heterocycles. The maximum Gasteiger partial charge on any atom is 0.230 e. The number of hydrogen-bond donors (Lipinski definition) is 1. The Morgan fingerprint density at radius 2 is 2.39 bits per heavy atom. The van der Waals surface area contributed by atoms with Gasteiger partial charge in [0.25, 0.3) is 0 Å². The molecule has 2 aromatic rings. The van der Waals surface area contributed by atoms with Crippen molar-refractivity contribution in [2.75, 3.05) is 11.9 Å². The lowest BCUT2D eigenvalue weighted by Crippen LogP contribution is -2.28. The van der Waals surface area contributed by atoms with Crippen LogP contribution < -0.4 is 5.32 Å². The Hall–Kier alpha value is -2.15. The highest BCUT2D eigenvalue weighted by Crippen LogP contribution is 2.23. The molecule has 1 saturated heterocycles. The fourth-order valence-electron chi connectivity index (χ4n) is 2.53. The molecule has 120 valence electrons. The number of amides is 2. The molecule has 2 aromatic heterocycles. The number of nitrogens with zero attached hydrogens (tertiary/aromatic N) is 2. The summed E-state index contributed by atoms with van der Waals surface area (Å²) in [5.41, 5.74) is 0.984. The molecule has 2 amide bonds. The van der Waals surface area contributed by atoms with Crippen LogP contribution in [0.2, 0.25) is 0 Å². The fourth-order valence-corrected chi connectivity index (χ4v) is 2.74. The third-order valence-electron chi connectivity index (χ3n) is 3.81. The molecule has 3 rings (SSSR count). The maximum atomic E-state index is 12.3. The number of pyridine rings is 1. The Kier molecular flexibility index (Phi) is 4.47. The largest absolute Gasteiger partial charge is 0.467 e. The number of likely N-dealkylation sites (tertiary alicyclic amines) is 1. The average molecular weight is 378 g/mol. The normalized spacial score (nSPS) is 17.6. The number of aryl methyl sites for hydroxylation is 1. The van der Waals surface area contributed by atoms with Gasteiger partial charge in [0.05, 0.1) is 18.7 Å². The summed E-state index contributed by atoms with van der Waals surface area (Å²) in [5.74, 6) is 0.608. The molecule has 0 aromatic carbocycles. The van der Waals surface area contributed by atoms with Crippen LogP contribution in [0.25, 0.3) is 0 Å². The van der Waals surface area contributed by atoms with E-state index in [2.05, 4.69) is 26.2 Å². The zero-order valence-electron chi connectivity index (χ0n) is 12.6. The van der Waals surface area contributed by atoms with Gasteiger partial charge in [-0.3, -0.25) is 9.59 Å². The van der Waals surface area contributed by atoms with Crippen molar-refractivity contribution in [3.8, 4) is 0 Å². The maximum absolute atomic E-state index is 12.3. The highest BCUT2D eigenvalue weighted by Gasteiger charge is 2.34. The summed E-state index contributed by atoms with van der Waals surface area (Å²) in [5, 5.41) is 2.78. The number of aromatic nitrogens is 1. The molecule has 3 heterocycles. The van der Waals surface area contributed by atoms with Crippen molar-refractivity contribution in [2.45, 2.75) is 19.9 Å². The molecule has 1 fully saturated rings. The Bertz CT molecular complexity index is 730. The van der Waals surface area contributed by atoms with Crippen LogP contribution in [0.5, 0.6) is 0 Å². The molecule has 0 saturated carbocycles. The second-order valence-electron chi connectivity index (χ2n) is 5.56. The van der Waals surface area contributed by atoms with Crippen molar-refractivity contribution in [1.29, 1.82) is 0 Å². The van der Waals surface area contributed by atoms with Crippen LogP contribution in [0.15, 0.2) is 39.5 Å². The third kappa shape index (κ3) is 3.61. The lowest BCUT2D eigenvalue weighted by molar-refractivity contribution is -0.128. The van der Waals surface area contributed by atoms with Gasteiger partial charge in [0.15, 0.2) is 0 Å². The van der Waals surface area contributed by atoms with Gasteiger partial charge in [-0.15, -0.1) is 0 Å². The SMILES string of the molecule is Cc1cc(NC(=O)C2CC(=O)N(Cc3ccco3)C2)ncc1Br. The molecule has 0 radical (unpaired) electrons. The number of carbonyl (C=O) groups excluding carboxylic acids is 2. The molecule has 1 aliphatic rings. The van der Waals surface area contributed by atoms with Gasteiger partial charge >= 0.3 is 0 Å². The van der Waals surface area contributed by atoms with E-state index in [-0.39, 0.29) is 24.2 Å². The first kappa shape index (κ1) is 15.7. The van der Waals surface area contributed by atoms with E-state index < -0.39 is 0 Å². The Morgan fingerprint density at radius 1 is 1.57 bits per heavy atom. The number of halogens is 1. The predicted molar refractivity (Wildman–Crippen MR) is 87.5 cm³/mol. The zero-order chi connectivity index (χ0) is 16.4. The summed E-state index contributed by atoms with van der Waals surface area (Å²) in [6, 6.07) is 5.39. The summed E-state index contributed by atoms with van der Waals surface area (Å²) in [7, 11) is 0. The molecule has 0 bridgehead atoms. The summed E-state index contributed by atoms with van der Waals surface area (Å²) in [4.78, 5) is 30.2. The lowest BCUT2D eigenvalue weighted by atomic mass is 10.1. The van der Waals surface area contributed by atoms with Gasteiger partial charge in [0.1, 0.15) is 11.6 Å². The van der Waals surface area contributed by atoms with Crippen molar-refractivity contribution in [3.05, 3.63) is 46.5 Å². The predicted octanol–water partition coefficient (Wildman–Crippen LogP) is 2.73. The van der Waals surface area contributed by atoms with E-state index in [1.165, 1.54) is 0 Å². The topological polar surface area (TPSA) is 75.4 Å². The van der Waals surface area contributed by atoms with Crippen LogP contribution in [0.1, 0.15) is 17.7 Å². The van der Waals surface area contributed by atoms with Crippen molar-refractivity contribution < 1.29 is 14.0 Å². The highest BCUT2D eigenvalue weighted by molar-refractivity contribution is 9.10. The summed E-state index contributed by atoms with van der Waals surface area (Å²) >= 11 is 3.37. The fraction of sp³-hybridized carbons (Fsp3) is 0.312. The molecular weight excluding hydrogens is 362 g/mol. The standard InChI is InChI=1S/C16H16BrN3O3/c1-10-5-14(18-7-13(10)17)19-16(22)11-6-15(21)20(8-11)9-12-3-2-4-23-12/h2-5,7,11H,6,8-9H2,1H3,(H,18,19,22). The first-order valence-corrected chi connectivity index (χ1v) is 8.05. The van der Waals surface area contributed by atoms with E-state index in [9.17, 15) is 9.59 Å². The van der Waals surface area contributed by atoms with Crippen LogP contribution >= 0.6 is 15.9 Å². The van der Waals surface area contributed by atoms with E-state index >= 15 is 0 Å². The third-order valence-corrected chi connectivity index (χ3v) is 4.64. The summed E-state index contributed by atoms with van der Waals surface area (Å²) in [6.07, 6.45) is 3.43. The zero-order valence-corrected chi connectivity index (χ0v) is 14.2. The first-order valence-electron chi connectivity index (χ1n) is 7.26. The van der Waals surface area contributed by atoms with Crippen LogP contribution in [0, 0.1) is 12.8 Å². The van der Waals surface area contributed by atoms with Gasteiger partial charge in [0.2, 0.25) is 11.8 Å². The minimum Gasteiger partial charge on any atom is -0.467 e. The van der Waals surface area contributed by atoms with Gasteiger partial charge in [0, 0.05) is 23.6 Å². The molecular formula is C16H16BrN3O3. The summed E-state index contributed by atoms with van der Waals surface area (Å²) < 4.78 is 6.14. The van der Waals surface area contributed by atoms with Gasteiger partial charge in [-0.05, 0) is 46.6 Å². The lowest BCUT2D eigenvalue weighted by Gasteiger charge is -2.15. The van der Waals surface area contributed by atoms with Crippen molar-refractivity contribution in [1.82, 2.24) is 9.88 Å². The van der Waals surface area contributed by atoms with E-state index in [1.807, 2.05) is 13.0 Å². The molecule has 0 spiro atoms. The van der Waals surface area contributed by atoms with Gasteiger partial charge in [-0.2, -0.15) is 0 Å². The smallest absolute Gasteiger partial charge is 0.230 e. The monoisotopic (exact) mass is 377 g/mol. The molecule has 1 N–H and O–H groups in total. The van der Waals surface area contributed by atoms with Crippen molar-refractivity contribution >= 4 is 33.6 Å². The highest BCUT2D eigenvalue weighted by atomic mass is 79.9. The molecule has 1 unspecified atom stereocenters.